The lowest BCUT2D eigenvalue weighted by Gasteiger charge is -2.32. The summed E-state index contributed by atoms with van der Waals surface area (Å²) in [5.74, 6) is -0.209. The van der Waals surface area contributed by atoms with Gasteiger partial charge >= 0.3 is 0 Å². The predicted molar refractivity (Wildman–Crippen MR) is 63.9 cm³/mol. The van der Waals surface area contributed by atoms with E-state index < -0.39 is 0 Å². The zero-order valence-corrected chi connectivity index (χ0v) is 10.5. The highest BCUT2D eigenvalue weighted by atomic mass is 16.2. The molecule has 0 radical (unpaired) electrons. The quantitative estimate of drug-likeness (QED) is 0.558. The van der Waals surface area contributed by atoms with Crippen LogP contribution < -0.4 is 5.32 Å². The lowest BCUT2D eigenvalue weighted by molar-refractivity contribution is -0.137. The Hall–Kier alpha value is -0.860. The van der Waals surface area contributed by atoms with Gasteiger partial charge in [-0.15, -0.1) is 0 Å². The highest BCUT2D eigenvalue weighted by Crippen LogP contribution is 2.34. The van der Waals surface area contributed by atoms with E-state index in [9.17, 15) is 9.59 Å². The number of piperidine rings is 1. The highest BCUT2D eigenvalue weighted by molar-refractivity contribution is 5.98. The summed E-state index contributed by atoms with van der Waals surface area (Å²) < 4.78 is 0. The smallest absolute Gasteiger partial charge is 0.227 e. The third-order valence-electron chi connectivity index (χ3n) is 3.34. The molecular formula is C13H23NO2. The van der Waals surface area contributed by atoms with Crippen LogP contribution in [0.5, 0.6) is 0 Å². The summed E-state index contributed by atoms with van der Waals surface area (Å²) in [6.45, 7) is 4.26. The minimum atomic E-state index is -0.104. The Labute approximate surface area is 98.0 Å². The molecule has 0 aromatic heterocycles. The van der Waals surface area contributed by atoms with Crippen molar-refractivity contribution in [1.29, 1.82) is 0 Å². The highest BCUT2D eigenvalue weighted by Gasteiger charge is 2.34. The third-order valence-corrected chi connectivity index (χ3v) is 3.34. The number of amides is 2. The van der Waals surface area contributed by atoms with Gasteiger partial charge in [-0.2, -0.15) is 0 Å². The Morgan fingerprint density at radius 1 is 1.06 bits per heavy atom. The summed E-state index contributed by atoms with van der Waals surface area (Å²) in [5, 5.41) is 2.37. The van der Waals surface area contributed by atoms with Crippen LogP contribution in [-0.4, -0.2) is 11.8 Å². The molecule has 1 fully saturated rings. The van der Waals surface area contributed by atoms with Crippen LogP contribution >= 0.6 is 0 Å². The molecule has 1 N–H and O–H groups in total. The number of rotatable bonds is 6. The molecule has 16 heavy (non-hydrogen) atoms. The van der Waals surface area contributed by atoms with Gasteiger partial charge in [-0.3, -0.25) is 14.9 Å². The maximum atomic E-state index is 11.3. The SMILES string of the molecule is CCCCCCCC1(C)CC(=O)NC(=O)C1. The van der Waals surface area contributed by atoms with Crippen molar-refractivity contribution in [3.05, 3.63) is 0 Å². The Balaban J connectivity index is 2.28. The fourth-order valence-corrected chi connectivity index (χ4v) is 2.41. The lowest BCUT2D eigenvalue weighted by atomic mass is 9.76. The van der Waals surface area contributed by atoms with E-state index >= 15 is 0 Å². The molecule has 0 aromatic carbocycles. The summed E-state index contributed by atoms with van der Waals surface area (Å²) >= 11 is 0. The first-order valence-corrected chi connectivity index (χ1v) is 6.38. The van der Waals surface area contributed by atoms with E-state index in [1.54, 1.807) is 0 Å². The van der Waals surface area contributed by atoms with Gasteiger partial charge in [-0.05, 0) is 11.8 Å². The molecule has 1 aliphatic heterocycles. The van der Waals surface area contributed by atoms with E-state index in [-0.39, 0.29) is 17.2 Å². The monoisotopic (exact) mass is 225 g/mol. The van der Waals surface area contributed by atoms with Gasteiger partial charge in [0.2, 0.25) is 11.8 Å². The number of carbonyl (C=O) groups is 2. The van der Waals surface area contributed by atoms with Gasteiger partial charge in [0.05, 0.1) is 0 Å². The van der Waals surface area contributed by atoms with Crippen LogP contribution in [0.2, 0.25) is 0 Å². The van der Waals surface area contributed by atoms with E-state index in [0.29, 0.717) is 12.8 Å². The van der Waals surface area contributed by atoms with E-state index in [1.807, 2.05) is 0 Å². The van der Waals surface area contributed by atoms with Crippen molar-refractivity contribution >= 4 is 11.8 Å². The molecule has 92 valence electrons. The number of carbonyl (C=O) groups excluding carboxylic acids is 2. The molecule has 0 bridgehead atoms. The van der Waals surface area contributed by atoms with Gasteiger partial charge in [0.1, 0.15) is 0 Å². The average Bonchev–Trinajstić information content (AvgIpc) is 2.15. The Kier molecular flexibility index (Phi) is 4.97. The molecule has 3 nitrogen and oxygen atoms in total. The molecule has 1 saturated heterocycles. The molecular weight excluding hydrogens is 202 g/mol. The fourth-order valence-electron chi connectivity index (χ4n) is 2.41. The van der Waals surface area contributed by atoms with Crippen molar-refractivity contribution in [3.8, 4) is 0 Å². The minimum Gasteiger partial charge on any atom is -0.296 e. The molecule has 3 heteroatoms. The van der Waals surface area contributed by atoms with Crippen LogP contribution in [0.1, 0.15) is 65.2 Å². The summed E-state index contributed by atoms with van der Waals surface area (Å²) in [7, 11) is 0. The summed E-state index contributed by atoms with van der Waals surface area (Å²) in [4.78, 5) is 22.6. The predicted octanol–water partition coefficient (Wildman–Crippen LogP) is 2.79. The van der Waals surface area contributed by atoms with Gasteiger partial charge in [-0.25, -0.2) is 0 Å². The van der Waals surface area contributed by atoms with Crippen molar-refractivity contribution in [2.24, 2.45) is 5.41 Å². The maximum absolute atomic E-state index is 11.3. The molecule has 2 amide bonds. The zero-order chi connectivity index (χ0) is 12.0. The summed E-state index contributed by atoms with van der Waals surface area (Å²) in [5.41, 5.74) is -0.0916. The van der Waals surface area contributed by atoms with Crippen LogP contribution in [0.25, 0.3) is 0 Å². The van der Waals surface area contributed by atoms with Gasteiger partial charge in [0, 0.05) is 12.8 Å². The number of hydrogen-bond donors (Lipinski definition) is 1. The first-order chi connectivity index (χ1) is 7.56. The number of nitrogens with one attached hydrogen (secondary N) is 1. The Morgan fingerprint density at radius 2 is 1.62 bits per heavy atom. The molecule has 0 atom stereocenters. The van der Waals surface area contributed by atoms with E-state index in [4.69, 9.17) is 0 Å². The maximum Gasteiger partial charge on any atom is 0.227 e. The molecule has 0 saturated carbocycles. The van der Waals surface area contributed by atoms with Crippen LogP contribution in [0.4, 0.5) is 0 Å². The lowest BCUT2D eigenvalue weighted by Crippen LogP contribution is -2.43. The molecule has 1 rings (SSSR count). The standard InChI is InChI=1S/C13H23NO2/c1-3-4-5-6-7-8-13(2)9-11(15)14-12(16)10-13/h3-10H2,1-2H3,(H,14,15,16). The summed E-state index contributed by atoms with van der Waals surface area (Å²) in [6, 6.07) is 0. The van der Waals surface area contributed by atoms with Crippen molar-refractivity contribution < 1.29 is 9.59 Å². The van der Waals surface area contributed by atoms with Gasteiger partial charge in [-0.1, -0.05) is 46.0 Å². The number of imide groups is 1. The van der Waals surface area contributed by atoms with Crippen molar-refractivity contribution in [2.45, 2.75) is 65.2 Å². The van der Waals surface area contributed by atoms with Crippen LogP contribution in [-0.2, 0) is 9.59 Å². The number of unbranched alkanes of at least 4 members (excludes halogenated alkanes) is 4. The normalized spacial score (nSPS) is 19.6. The fraction of sp³-hybridized carbons (Fsp3) is 0.846. The van der Waals surface area contributed by atoms with E-state index in [1.165, 1.54) is 25.7 Å². The Bertz CT molecular complexity index is 245. The largest absolute Gasteiger partial charge is 0.296 e. The van der Waals surface area contributed by atoms with Crippen LogP contribution in [0.15, 0.2) is 0 Å². The molecule has 0 spiro atoms. The first-order valence-electron chi connectivity index (χ1n) is 6.38. The van der Waals surface area contributed by atoms with E-state index in [0.717, 1.165) is 12.8 Å². The second-order valence-corrected chi connectivity index (χ2v) is 5.30. The van der Waals surface area contributed by atoms with Gasteiger partial charge in [0.25, 0.3) is 0 Å². The molecule has 1 heterocycles. The van der Waals surface area contributed by atoms with Crippen LogP contribution in [0.3, 0.4) is 0 Å². The molecule has 0 aliphatic carbocycles. The summed E-state index contributed by atoms with van der Waals surface area (Å²) in [6.07, 6.45) is 8.17. The molecule has 0 unspecified atom stereocenters. The van der Waals surface area contributed by atoms with Crippen LogP contribution in [0, 0.1) is 5.41 Å². The van der Waals surface area contributed by atoms with Crippen molar-refractivity contribution in [2.75, 3.05) is 0 Å². The first kappa shape index (κ1) is 13.2. The Morgan fingerprint density at radius 3 is 2.19 bits per heavy atom. The van der Waals surface area contributed by atoms with Gasteiger partial charge in [0.15, 0.2) is 0 Å². The minimum absolute atomic E-state index is 0.0916. The average molecular weight is 225 g/mol. The van der Waals surface area contributed by atoms with E-state index in [2.05, 4.69) is 19.2 Å². The zero-order valence-electron chi connectivity index (χ0n) is 10.5. The third kappa shape index (κ3) is 4.33. The molecule has 0 aromatic rings. The van der Waals surface area contributed by atoms with Crippen molar-refractivity contribution in [3.63, 3.8) is 0 Å². The van der Waals surface area contributed by atoms with Gasteiger partial charge < -0.3 is 0 Å². The van der Waals surface area contributed by atoms with Crippen molar-refractivity contribution in [1.82, 2.24) is 5.32 Å². The number of hydrogen-bond acceptors (Lipinski definition) is 2. The second-order valence-electron chi connectivity index (χ2n) is 5.30. The molecule has 1 aliphatic rings. The second kappa shape index (κ2) is 6.02. The topological polar surface area (TPSA) is 46.2 Å².